The van der Waals surface area contributed by atoms with E-state index in [0.29, 0.717) is 37.2 Å². The van der Waals surface area contributed by atoms with Gasteiger partial charge in [-0.15, -0.1) is 0 Å². The molecule has 0 bridgehead atoms. The first-order chi connectivity index (χ1) is 10.5. The van der Waals surface area contributed by atoms with Crippen LogP contribution in [-0.4, -0.2) is 32.3 Å². The molecule has 3 rings (SSSR count). The van der Waals surface area contributed by atoms with Gasteiger partial charge in [-0.05, 0) is 13.8 Å². The highest BCUT2D eigenvalue weighted by atomic mass is 16.5. The number of fused-ring (bicyclic) bond motifs is 1. The fourth-order valence-electron chi connectivity index (χ4n) is 2.55. The number of carbonyl (C=O) groups is 1. The van der Waals surface area contributed by atoms with Gasteiger partial charge in [0.05, 0.1) is 25.4 Å². The summed E-state index contributed by atoms with van der Waals surface area (Å²) in [6.07, 6.45) is 0. The van der Waals surface area contributed by atoms with Crippen molar-refractivity contribution in [3.05, 3.63) is 28.8 Å². The number of esters is 1. The van der Waals surface area contributed by atoms with Gasteiger partial charge in [-0.2, -0.15) is 5.10 Å². The normalized spacial score (nSPS) is 13.3. The van der Waals surface area contributed by atoms with E-state index in [4.69, 9.17) is 10.5 Å². The molecule has 3 heterocycles. The molecule has 1 aliphatic heterocycles. The Hall–Kier alpha value is -2.64. The van der Waals surface area contributed by atoms with Crippen molar-refractivity contribution in [2.75, 3.05) is 17.2 Å². The van der Waals surface area contributed by atoms with E-state index in [1.165, 1.54) is 0 Å². The molecule has 116 valence electrons. The average Bonchev–Trinajstić information content (AvgIpc) is 2.99. The predicted molar refractivity (Wildman–Crippen MR) is 80.2 cm³/mol. The van der Waals surface area contributed by atoms with Gasteiger partial charge in [0.1, 0.15) is 17.5 Å². The quantitative estimate of drug-likeness (QED) is 0.837. The van der Waals surface area contributed by atoms with Crippen molar-refractivity contribution < 1.29 is 9.53 Å². The molecule has 0 fully saturated rings. The third-order valence-corrected chi connectivity index (χ3v) is 3.60. The first-order valence-corrected chi connectivity index (χ1v) is 7.07. The summed E-state index contributed by atoms with van der Waals surface area (Å²) in [4.78, 5) is 22.4. The van der Waals surface area contributed by atoms with E-state index in [9.17, 15) is 4.79 Å². The number of carbonyl (C=O) groups excluding carboxylic acids is 1. The van der Waals surface area contributed by atoms with Crippen LogP contribution in [0.15, 0.2) is 6.07 Å². The molecule has 8 nitrogen and oxygen atoms in total. The summed E-state index contributed by atoms with van der Waals surface area (Å²) in [6.45, 7) is 5.06. The molecule has 0 saturated heterocycles. The van der Waals surface area contributed by atoms with Gasteiger partial charge >= 0.3 is 5.97 Å². The van der Waals surface area contributed by atoms with Crippen LogP contribution in [0.25, 0.3) is 0 Å². The van der Waals surface area contributed by atoms with Gasteiger partial charge in [0, 0.05) is 18.7 Å². The fourth-order valence-corrected chi connectivity index (χ4v) is 2.55. The summed E-state index contributed by atoms with van der Waals surface area (Å²) in [6, 6.07) is 1.65. The molecule has 0 aliphatic carbocycles. The lowest BCUT2D eigenvalue weighted by Crippen LogP contribution is -2.20. The lowest BCUT2D eigenvalue weighted by Gasteiger charge is -2.18. The summed E-state index contributed by atoms with van der Waals surface area (Å²) in [5.74, 6) is 1.42. The predicted octanol–water partition coefficient (Wildman–Crippen LogP) is 0.798. The maximum Gasteiger partial charge on any atom is 0.357 e. The van der Waals surface area contributed by atoms with Gasteiger partial charge in [-0.1, -0.05) is 0 Å². The Bertz CT molecular complexity index is 739. The molecule has 8 heteroatoms. The van der Waals surface area contributed by atoms with Crippen molar-refractivity contribution in [1.29, 1.82) is 0 Å². The van der Waals surface area contributed by atoms with Crippen LogP contribution in [0.5, 0.6) is 0 Å². The second-order valence-corrected chi connectivity index (χ2v) is 5.17. The molecule has 1 aliphatic rings. The topological polar surface area (TPSA) is 99.2 Å². The number of nitrogens with zero attached hydrogens (tertiary/aromatic N) is 5. The summed E-state index contributed by atoms with van der Waals surface area (Å²) in [5.41, 5.74) is 8.22. The van der Waals surface area contributed by atoms with E-state index in [1.807, 2.05) is 11.9 Å². The van der Waals surface area contributed by atoms with Crippen molar-refractivity contribution in [1.82, 2.24) is 19.7 Å². The van der Waals surface area contributed by atoms with Crippen LogP contribution in [-0.2, 0) is 24.9 Å². The minimum Gasteiger partial charge on any atom is -0.461 e. The van der Waals surface area contributed by atoms with Crippen LogP contribution >= 0.6 is 0 Å². The maximum absolute atomic E-state index is 11.9. The molecule has 0 radical (unpaired) electrons. The number of aryl methyl sites for hydroxylation is 2. The summed E-state index contributed by atoms with van der Waals surface area (Å²) >= 11 is 0. The molecular weight excluding hydrogens is 284 g/mol. The second kappa shape index (κ2) is 5.28. The molecule has 2 aromatic heterocycles. The van der Waals surface area contributed by atoms with E-state index in [-0.39, 0.29) is 5.69 Å². The van der Waals surface area contributed by atoms with E-state index in [1.54, 1.807) is 24.6 Å². The standard InChI is InChI=1S/C14H18N6O2/c1-4-22-14(21)10-5-12(17-8(2)16-10)20-6-9-11(7-20)18-19(3)13(9)15/h5H,4,6-7,15H2,1-3H3. The minimum atomic E-state index is -0.440. The lowest BCUT2D eigenvalue weighted by molar-refractivity contribution is 0.0519. The van der Waals surface area contributed by atoms with Crippen LogP contribution in [0.1, 0.15) is 34.5 Å². The molecule has 0 spiro atoms. The highest BCUT2D eigenvalue weighted by Crippen LogP contribution is 2.30. The van der Waals surface area contributed by atoms with Gasteiger partial charge in [0.15, 0.2) is 5.69 Å². The number of nitrogen functional groups attached to an aromatic ring is 1. The molecule has 2 aromatic rings. The zero-order valence-electron chi connectivity index (χ0n) is 12.8. The van der Waals surface area contributed by atoms with Crippen molar-refractivity contribution in [2.24, 2.45) is 7.05 Å². The number of ether oxygens (including phenoxy) is 1. The SMILES string of the molecule is CCOC(=O)c1cc(N2Cc3nn(C)c(N)c3C2)nc(C)n1. The highest BCUT2D eigenvalue weighted by Gasteiger charge is 2.27. The highest BCUT2D eigenvalue weighted by molar-refractivity contribution is 5.88. The summed E-state index contributed by atoms with van der Waals surface area (Å²) in [7, 11) is 1.83. The number of aromatic nitrogens is 4. The third-order valence-electron chi connectivity index (χ3n) is 3.60. The zero-order chi connectivity index (χ0) is 15.9. The van der Waals surface area contributed by atoms with Gasteiger partial charge in [0.25, 0.3) is 0 Å². The van der Waals surface area contributed by atoms with Crippen molar-refractivity contribution >= 4 is 17.6 Å². The van der Waals surface area contributed by atoms with Gasteiger partial charge < -0.3 is 15.4 Å². The molecular formula is C14H18N6O2. The van der Waals surface area contributed by atoms with E-state index >= 15 is 0 Å². The number of hydrogen-bond acceptors (Lipinski definition) is 7. The van der Waals surface area contributed by atoms with Crippen LogP contribution in [0.2, 0.25) is 0 Å². The Morgan fingerprint density at radius 1 is 1.41 bits per heavy atom. The van der Waals surface area contributed by atoms with E-state index in [2.05, 4.69) is 15.1 Å². The van der Waals surface area contributed by atoms with Crippen LogP contribution < -0.4 is 10.6 Å². The Balaban J connectivity index is 1.89. The van der Waals surface area contributed by atoms with E-state index in [0.717, 1.165) is 11.3 Å². The molecule has 2 N–H and O–H groups in total. The molecule has 0 unspecified atom stereocenters. The van der Waals surface area contributed by atoms with Crippen molar-refractivity contribution in [3.63, 3.8) is 0 Å². The summed E-state index contributed by atoms with van der Waals surface area (Å²) in [5, 5.41) is 4.39. The molecule has 0 saturated carbocycles. The van der Waals surface area contributed by atoms with Gasteiger partial charge in [0.2, 0.25) is 0 Å². The molecule has 0 aromatic carbocycles. The minimum absolute atomic E-state index is 0.266. The van der Waals surface area contributed by atoms with Crippen LogP contribution in [0, 0.1) is 6.92 Å². The first-order valence-electron chi connectivity index (χ1n) is 7.07. The number of hydrogen-bond donors (Lipinski definition) is 1. The maximum atomic E-state index is 11.9. The number of rotatable bonds is 3. The fraction of sp³-hybridized carbons (Fsp3) is 0.429. The second-order valence-electron chi connectivity index (χ2n) is 5.17. The first kappa shape index (κ1) is 14.3. The van der Waals surface area contributed by atoms with E-state index < -0.39 is 5.97 Å². The lowest BCUT2D eigenvalue weighted by atomic mass is 10.3. The van der Waals surface area contributed by atoms with Crippen LogP contribution in [0.3, 0.4) is 0 Å². The number of anilines is 2. The molecule has 0 amide bonds. The van der Waals surface area contributed by atoms with Crippen LogP contribution in [0.4, 0.5) is 11.6 Å². The zero-order valence-corrected chi connectivity index (χ0v) is 12.8. The molecule has 0 atom stereocenters. The average molecular weight is 302 g/mol. The Morgan fingerprint density at radius 3 is 2.86 bits per heavy atom. The monoisotopic (exact) mass is 302 g/mol. The van der Waals surface area contributed by atoms with Crippen molar-refractivity contribution in [3.8, 4) is 0 Å². The largest absolute Gasteiger partial charge is 0.461 e. The third kappa shape index (κ3) is 2.36. The number of nitrogens with two attached hydrogens (primary N) is 1. The molecule has 22 heavy (non-hydrogen) atoms. The van der Waals surface area contributed by atoms with Gasteiger partial charge in [-0.3, -0.25) is 4.68 Å². The Kier molecular flexibility index (Phi) is 3.44. The Morgan fingerprint density at radius 2 is 2.18 bits per heavy atom. The van der Waals surface area contributed by atoms with Crippen molar-refractivity contribution in [2.45, 2.75) is 26.9 Å². The summed E-state index contributed by atoms with van der Waals surface area (Å²) < 4.78 is 6.68. The Labute approximate surface area is 127 Å². The van der Waals surface area contributed by atoms with Gasteiger partial charge in [-0.25, -0.2) is 14.8 Å². The smallest absolute Gasteiger partial charge is 0.357 e.